The summed E-state index contributed by atoms with van der Waals surface area (Å²) in [6, 6.07) is 3.77. The van der Waals surface area contributed by atoms with Gasteiger partial charge in [-0.2, -0.15) is 0 Å². The molecule has 0 saturated carbocycles. The fourth-order valence-corrected chi connectivity index (χ4v) is 2.84. The Bertz CT molecular complexity index is 574. The van der Waals surface area contributed by atoms with Crippen molar-refractivity contribution in [1.29, 1.82) is 0 Å². The molecular weight excluding hydrogens is 265 g/mol. The number of carboxylic acid groups (broad SMARTS) is 1. The van der Waals surface area contributed by atoms with Crippen molar-refractivity contribution in [1.82, 2.24) is 4.90 Å². The molecule has 2 heterocycles. The van der Waals surface area contributed by atoms with E-state index in [-0.39, 0.29) is 18.1 Å². The highest BCUT2D eigenvalue weighted by Gasteiger charge is 2.40. The van der Waals surface area contributed by atoms with E-state index in [2.05, 4.69) is 0 Å². The first-order chi connectivity index (χ1) is 9.58. The zero-order chi connectivity index (χ0) is 14.3. The first-order valence-electron chi connectivity index (χ1n) is 6.55. The summed E-state index contributed by atoms with van der Waals surface area (Å²) in [5.74, 6) is -1.76. The molecule has 1 saturated heterocycles. The molecule has 0 radical (unpaired) electrons. The van der Waals surface area contributed by atoms with Crippen LogP contribution in [0, 0.1) is 5.82 Å². The van der Waals surface area contributed by atoms with Crippen molar-refractivity contribution in [3.05, 3.63) is 29.6 Å². The lowest BCUT2D eigenvalue weighted by Crippen LogP contribution is -2.46. The second kappa shape index (κ2) is 4.77. The van der Waals surface area contributed by atoms with Gasteiger partial charge in [0.05, 0.1) is 0 Å². The van der Waals surface area contributed by atoms with Crippen molar-refractivity contribution in [3.63, 3.8) is 0 Å². The van der Waals surface area contributed by atoms with Gasteiger partial charge in [-0.25, -0.2) is 9.18 Å². The molecule has 2 atom stereocenters. The number of para-hydroxylation sites is 1. The molecule has 1 fully saturated rings. The van der Waals surface area contributed by atoms with Crippen LogP contribution in [-0.2, 0) is 16.0 Å². The zero-order valence-electron chi connectivity index (χ0n) is 10.7. The molecule has 20 heavy (non-hydrogen) atoms. The highest BCUT2D eigenvalue weighted by atomic mass is 19.1. The molecule has 106 valence electrons. The Kier molecular flexibility index (Phi) is 3.08. The van der Waals surface area contributed by atoms with Crippen LogP contribution in [0.3, 0.4) is 0 Å². The number of nitrogens with zero attached hydrogens (tertiary/aromatic N) is 1. The third kappa shape index (κ3) is 2.01. The summed E-state index contributed by atoms with van der Waals surface area (Å²) in [5.41, 5.74) is 0.648. The number of hydrogen-bond donors (Lipinski definition) is 1. The normalized spacial score (nSPS) is 24.4. The van der Waals surface area contributed by atoms with Crippen molar-refractivity contribution in [2.75, 3.05) is 6.54 Å². The minimum absolute atomic E-state index is 0.108. The lowest BCUT2D eigenvalue weighted by molar-refractivity contribution is -0.150. The quantitative estimate of drug-likeness (QED) is 0.883. The number of halogens is 1. The zero-order valence-corrected chi connectivity index (χ0v) is 10.7. The standard InChI is InChI=1S/C14H14FNO4/c15-9-4-1-3-8-7-11(20-12(8)9)13(17)16-6-2-5-10(16)14(18)19/h1,3-4,10-11H,2,5-7H2,(H,18,19)/t10-,11+/m0/s1. The van der Waals surface area contributed by atoms with E-state index in [4.69, 9.17) is 9.84 Å². The van der Waals surface area contributed by atoms with Crippen molar-refractivity contribution in [2.24, 2.45) is 0 Å². The summed E-state index contributed by atoms with van der Waals surface area (Å²) >= 11 is 0. The second-order valence-electron chi connectivity index (χ2n) is 5.07. The Hall–Kier alpha value is -2.11. The first kappa shape index (κ1) is 12.9. The second-order valence-corrected chi connectivity index (χ2v) is 5.07. The molecule has 0 unspecified atom stereocenters. The molecule has 1 aromatic carbocycles. The van der Waals surface area contributed by atoms with Gasteiger partial charge in [-0.3, -0.25) is 4.79 Å². The molecule has 6 heteroatoms. The summed E-state index contributed by atoms with van der Waals surface area (Å²) in [6.45, 7) is 0.411. The summed E-state index contributed by atoms with van der Waals surface area (Å²) < 4.78 is 18.9. The molecule has 0 aliphatic carbocycles. The van der Waals surface area contributed by atoms with Gasteiger partial charge in [-0.15, -0.1) is 0 Å². The predicted octanol–water partition coefficient (Wildman–Crippen LogP) is 1.20. The van der Waals surface area contributed by atoms with E-state index in [1.807, 2.05) is 0 Å². The summed E-state index contributed by atoms with van der Waals surface area (Å²) in [6.07, 6.45) is 0.586. The number of likely N-dealkylation sites (tertiary alicyclic amines) is 1. The number of rotatable bonds is 2. The van der Waals surface area contributed by atoms with Crippen LogP contribution in [0.1, 0.15) is 18.4 Å². The smallest absolute Gasteiger partial charge is 0.326 e. The fraction of sp³-hybridized carbons (Fsp3) is 0.429. The SMILES string of the molecule is O=C(O)[C@@H]1CCCN1C(=O)[C@H]1Cc2cccc(F)c2O1. The maximum absolute atomic E-state index is 13.6. The van der Waals surface area contributed by atoms with Crippen molar-refractivity contribution in [3.8, 4) is 5.75 Å². The van der Waals surface area contributed by atoms with Gasteiger partial charge < -0.3 is 14.7 Å². The number of carbonyl (C=O) groups is 2. The predicted molar refractivity (Wildman–Crippen MR) is 66.9 cm³/mol. The van der Waals surface area contributed by atoms with E-state index >= 15 is 0 Å². The van der Waals surface area contributed by atoms with Crippen molar-refractivity contribution < 1.29 is 23.8 Å². The number of benzene rings is 1. The minimum Gasteiger partial charge on any atom is -0.480 e. The molecule has 5 nitrogen and oxygen atoms in total. The lowest BCUT2D eigenvalue weighted by Gasteiger charge is -2.24. The highest BCUT2D eigenvalue weighted by Crippen LogP contribution is 2.33. The summed E-state index contributed by atoms with van der Waals surface area (Å²) in [5, 5.41) is 9.10. The van der Waals surface area contributed by atoms with E-state index in [0.717, 1.165) is 0 Å². The summed E-state index contributed by atoms with van der Waals surface area (Å²) in [4.78, 5) is 24.8. The van der Waals surface area contributed by atoms with E-state index in [9.17, 15) is 14.0 Å². The minimum atomic E-state index is -1.00. The monoisotopic (exact) mass is 279 g/mol. The van der Waals surface area contributed by atoms with Crippen LogP contribution >= 0.6 is 0 Å². The molecule has 2 aliphatic rings. The maximum atomic E-state index is 13.6. The Morgan fingerprint density at radius 1 is 1.40 bits per heavy atom. The highest BCUT2D eigenvalue weighted by molar-refractivity contribution is 5.88. The largest absolute Gasteiger partial charge is 0.480 e. The number of hydrogen-bond acceptors (Lipinski definition) is 3. The Morgan fingerprint density at radius 3 is 2.90 bits per heavy atom. The van der Waals surface area contributed by atoms with Crippen molar-refractivity contribution >= 4 is 11.9 Å². The number of amides is 1. The average Bonchev–Trinajstić information content (AvgIpc) is 3.05. The van der Waals surface area contributed by atoms with E-state index in [1.165, 1.54) is 11.0 Å². The molecular formula is C14H14FNO4. The van der Waals surface area contributed by atoms with E-state index < -0.39 is 23.9 Å². The Balaban J connectivity index is 1.77. The van der Waals surface area contributed by atoms with Crippen molar-refractivity contribution in [2.45, 2.75) is 31.4 Å². The molecule has 1 N–H and O–H groups in total. The van der Waals surface area contributed by atoms with Crippen LogP contribution in [0.2, 0.25) is 0 Å². The molecule has 0 spiro atoms. The van der Waals surface area contributed by atoms with Gasteiger partial charge >= 0.3 is 5.97 Å². The van der Waals surface area contributed by atoms with Crippen LogP contribution in [0.5, 0.6) is 5.75 Å². The molecule has 2 aliphatic heterocycles. The van der Waals surface area contributed by atoms with Gasteiger partial charge in [0.15, 0.2) is 17.7 Å². The van der Waals surface area contributed by atoms with E-state index in [0.29, 0.717) is 24.9 Å². The average molecular weight is 279 g/mol. The number of fused-ring (bicyclic) bond motifs is 1. The molecule has 0 aromatic heterocycles. The lowest BCUT2D eigenvalue weighted by atomic mass is 10.1. The van der Waals surface area contributed by atoms with Crippen LogP contribution in [0.25, 0.3) is 0 Å². The number of ether oxygens (including phenoxy) is 1. The number of aliphatic carboxylic acids is 1. The molecule has 3 rings (SSSR count). The van der Waals surface area contributed by atoms with Gasteiger partial charge in [0.2, 0.25) is 0 Å². The number of carboxylic acids is 1. The van der Waals surface area contributed by atoms with Gasteiger partial charge in [-0.05, 0) is 18.9 Å². The number of carbonyl (C=O) groups excluding carboxylic acids is 1. The van der Waals surface area contributed by atoms with Crippen LogP contribution in [-0.4, -0.2) is 40.6 Å². The molecule has 1 amide bonds. The van der Waals surface area contributed by atoms with E-state index in [1.54, 1.807) is 12.1 Å². The van der Waals surface area contributed by atoms with Gasteiger partial charge in [0, 0.05) is 18.5 Å². The van der Waals surface area contributed by atoms with Crippen LogP contribution in [0.4, 0.5) is 4.39 Å². The maximum Gasteiger partial charge on any atom is 0.326 e. The van der Waals surface area contributed by atoms with Gasteiger partial charge in [0.25, 0.3) is 5.91 Å². The molecule has 0 bridgehead atoms. The topological polar surface area (TPSA) is 66.8 Å². The van der Waals surface area contributed by atoms with Crippen LogP contribution < -0.4 is 4.74 Å². The summed E-state index contributed by atoms with van der Waals surface area (Å²) in [7, 11) is 0. The van der Waals surface area contributed by atoms with Gasteiger partial charge in [0.1, 0.15) is 6.04 Å². The molecule has 1 aromatic rings. The third-order valence-electron chi connectivity index (χ3n) is 3.81. The Morgan fingerprint density at radius 2 is 2.20 bits per heavy atom. The van der Waals surface area contributed by atoms with Crippen LogP contribution in [0.15, 0.2) is 18.2 Å². The first-order valence-corrected chi connectivity index (χ1v) is 6.55. The Labute approximate surface area is 114 Å². The fourth-order valence-electron chi connectivity index (χ4n) is 2.84. The third-order valence-corrected chi connectivity index (χ3v) is 3.81. The van der Waals surface area contributed by atoms with Gasteiger partial charge in [-0.1, -0.05) is 12.1 Å².